The summed E-state index contributed by atoms with van der Waals surface area (Å²) in [6, 6.07) is 4.68. The molecule has 0 radical (unpaired) electrons. The summed E-state index contributed by atoms with van der Waals surface area (Å²) in [4.78, 5) is 31.8. The molecule has 1 unspecified atom stereocenters. The summed E-state index contributed by atoms with van der Waals surface area (Å²) < 4.78 is 48.3. The third kappa shape index (κ3) is 5.61. The number of hydrogen-bond donors (Lipinski definition) is 2. The second-order valence-electron chi connectivity index (χ2n) is 10.5. The van der Waals surface area contributed by atoms with Crippen LogP contribution in [-0.4, -0.2) is 41.5 Å². The number of rotatable bonds is 6. The van der Waals surface area contributed by atoms with Gasteiger partial charge in [0.2, 0.25) is 0 Å². The first-order valence-corrected chi connectivity index (χ1v) is 13.4. The predicted octanol–water partition coefficient (Wildman–Crippen LogP) is 6.26. The topological polar surface area (TPSA) is 132 Å². The van der Waals surface area contributed by atoms with Crippen LogP contribution in [0.15, 0.2) is 41.7 Å². The molecule has 0 saturated heterocycles. The van der Waals surface area contributed by atoms with Crippen LogP contribution in [0.2, 0.25) is 5.02 Å². The highest BCUT2D eigenvalue weighted by atomic mass is 35.5. The van der Waals surface area contributed by atoms with E-state index in [4.69, 9.17) is 22.4 Å². The first-order chi connectivity index (χ1) is 19.5. The molecule has 1 fully saturated rings. The average Bonchev–Trinajstić information content (AvgIpc) is 3.28. The second-order valence-corrected chi connectivity index (χ2v) is 10.9. The van der Waals surface area contributed by atoms with E-state index in [0.717, 1.165) is 50.8 Å². The minimum absolute atomic E-state index is 0.0617. The highest BCUT2D eigenvalue weighted by Crippen LogP contribution is 2.41. The number of benzene rings is 1. The van der Waals surface area contributed by atoms with Crippen molar-refractivity contribution < 1.29 is 23.1 Å². The van der Waals surface area contributed by atoms with Gasteiger partial charge in [-0.1, -0.05) is 37.4 Å². The Morgan fingerprint density at radius 1 is 1.17 bits per heavy atom. The number of fused-ring (bicyclic) bond motifs is 1. The van der Waals surface area contributed by atoms with Gasteiger partial charge in [0.1, 0.15) is 22.8 Å². The number of alkyl halides is 1. The van der Waals surface area contributed by atoms with Crippen LogP contribution in [0.4, 0.5) is 18.0 Å². The molecule has 1 aromatic carbocycles. The minimum Gasteiger partial charge on any atom is -0.463 e. The maximum atomic E-state index is 16.8. The fraction of sp³-hybridized carbons (Fsp3) is 0.357. The van der Waals surface area contributed by atoms with Crippen LogP contribution in [0.1, 0.15) is 56.7 Å². The summed E-state index contributed by atoms with van der Waals surface area (Å²) in [6.45, 7) is 3.50. The summed E-state index contributed by atoms with van der Waals surface area (Å²) in [7, 11) is 0. The Labute approximate surface area is 238 Å². The lowest BCUT2D eigenvalue weighted by atomic mass is 9.83. The number of nitrogens with two attached hydrogens (primary N) is 1. The zero-order valence-electron chi connectivity index (χ0n) is 22.3. The number of amides is 1. The van der Waals surface area contributed by atoms with Gasteiger partial charge in [-0.05, 0) is 49.8 Å². The molecule has 0 bridgehead atoms. The van der Waals surface area contributed by atoms with Gasteiger partial charge in [0, 0.05) is 24.5 Å². The van der Waals surface area contributed by atoms with E-state index in [1.807, 2.05) is 0 Å². The third-order valence-electron chi connectivity index (χ3n) is 7.45. The second kappa shape index (κ2) is 11.1. The summed E-state index contributed by atoms with van der Waals surface area (Å²) in [5.41, 5.74) is 3.12. The van der Waals surface area contributed by atoms with E-state index in [1.54, 1.807) is 10.6 Å². The molecule has 3 aromatic heterocycles. The molecular weight excluding hydrogens is 559 g/mol. The van der Waals surface area contributed by atoms with E-state index in [2.05, 4.69) is 31.9 Å². The summed E-state index contributed by atoms with van der Waals surface area (Å²) in [5.74, 6) is -2.54. The molecule has 0 spiro atoms. The van der Waals surface area contributed by atoms with Crippen molar-refractivity contribution in [2.45, 2.75) is 51.7 Å². The van der Waals surface area contributed by atoms with Crippen molar-refractivity contribution in [3.8, 4) is 11.3 Å². The van der Waals surface area contributed by atoms with Crippen LogP contribution < -0.4 is 5.73 Å². The molecule has 9 nitrogen and oxygen atoms in total. The molecule has 3 N–H and O–H groups in total. The number of carbonyl (C=O) groups is 1. The molecule has 214 valence electrons. The first kappa shape index (κ1) is 28.5. The van der Waals surface area contributed by atoms with Crippen molar-refractivity contribution >= 4 is 34.7 Å². The molecule has 4 aromatic rings. The molecule has 0 aliphatic heterocycles. The highest BCUT2D eigenvalue weighted by Gasteiger charge is 2.41. The summed E-state index contributed by atoms with van der Waals surface area (Å²) in [5, 5.41) is 9.40. The van der Waals surface area contributed by atoms with Gasteiger partial charge < -0.3 is 15.4 Å². The van der Waals surface area contributed by atoms with Crippen molar-refractivity contribution in [1.29, 1.82) is 0 Å². The molecule has 1 aliphatic carbocycles. The fourth-order valence-corrected chi connectivity index (χ4v) is 5.58. The van der Waals surface area contributed by atoms with Crippen LogP contribution in [0.5, 0.6) is 0 Å². The normalized spacial score (nSPS) is 19.3. The molecule has 1 atom stereocenters. The van der Waals surface area contributed by atoms with Gasteiger partial charge in [-0.25, -0.2) is 32.9 Å². The highest BCUT2D eigenvalue weighted by molar-refractivity contribution is 6.30. The maximum absolute atomic E-state index is 16.8. The number of carboxylic acid groups (broad SMARTS) is 1. The van der Waals surface area contributed by atoms with Crippen molar-refractivity contribution in [1.82, 2.24) is 24.5 Å². The lowest BCUT2D eigenvalue weighted by molar-refractivity contribution is 0.202. The van der Waals surface area contributed by atoms with Gasteiger partial charge in [0.15, 0.2) is 28.8 Å². The van der Waals surface area contributed by atoms with Gasteiger partial charge in [0.05, 0.1) is 10.6 Å². The minimum atomic E-state index is -2.73. The van der Waals surface area contributed by atoms with E-state index >= 15 is 4.39 Å². The van der Waals surface area contributed by atoms with Crippen LogP contribution in [0.25, 0.3) is 22.4 Å². The number of aliphatic imine (C=N–C) groups is 1. The predicted molar refractivity (Wildman–Crippen MR) is 147 cm³/mol. The summed E-state index contributed by atoms with van der Waals surface area (Å²) in [6.07, 6.45) is 5.00. The molecule has 1 aliphatic rings. The Kier molecular flexibility index (Phi) is 7.69. The Bertz CT molecular complexity index is 1650. The van der Waals surface area contributed by atoms with Crippen molar-refractivity contribution in [2.24, 2.45) is 22.6 Å². The summed E-state index contributed by atoms with van der Waals surface area (Å²) >= 11 is 6.22. The Balaban J connectivity index is 1.83. The van der Waals surface area contributed by atoms with E-state index in [-0.39, 0.29) is 46.0 Å². The van der Waals surface area contributed by atoms with E-state index < -0.39 is 34.8 Å². The number of halogens is 4. The molecular formula is C28H27ClF3N7O2. The molecule has 1 amide bonds. The number of nitrogens with zero attached hydrogens (tertiary/aromatic N) is 6. The lowest BCUT2D eigenvalue weighted by Gasteiger charge is -2.29. The van der Waals surface area contributed by atoms with Crippen molar-refractivity contribution in [3.05, 3.63) is 70.5 Å². The molecule has 1 saturated carbocycles. The number of amidine groups is 1. The Morgan fingerprint density at radius 3 is 2.49 bits per heavy atom. The zero-order chi connectivity index (χ0) is 29.5. The SMILES string of the molecule is CC1CCC(Cn2c(C(C)(F)c3c(F)cccc3F)nc3nc(C(N)=NC(=O)O)nc(-c4cncc(Cl)c4)c32)CC1. The quantitative estimate of drug-likeness (QED) is 0.201. The zero-order valence-corrected chi connectivity index (χ0v) is 23.0. The standard InChI is InChI=1S/C28H27ClF3N7O2/c1-14-6-8-15(9-7-14)13-39-22-21(16-10-17(29)12-34-11-16)35-25(23(33)36-27(40)41)37-24(22)38-26(39)28(2,32)20-18(30)4-3-5-19(20)31/h3-5,10-12,14-15H,6-9,13H2,1-2H3,(H2,33,36)(H,40,41). The molecule has 5 rings (SSSR count). The van der Waals surface area contributed by atoms with E-state index in [0.29, 0.717) is 11.5 Å². The van der Waals surface area contributed by atoms with Crippen LogP contribution in [-0.2, 0) is 12.2 Å². The smallest absolute Gasteiger partial charge is 0.433 e. The van der Waals surface area contributed by atoms with E-state index in [9.17, 15) is 13.6 Å². The van der Waals surface area contributed by atoms with Crippen LogP contribution in [0.3, 0.4) is 0 Å². The number of imidazole rings is 1. The first-order valence-electron chi connectivity index (χ1n) is 13.1. The Morgan fingerprint density at radius 2 is 1.85 bits per heavy atom. The number of aromatic nitrogens is 5. The number of hydrogen-bond acceptors (Lipinski definition) is 5. The van der Waals surface area contributed by atoms with Gasteiger partial charge in [-0.2, -0.15) is 4.99 Å². The third-order valence-corrected chi connectivity index (χ3v) is 7.66. The fourth-order valence-electron chi connectivity index (χ4n) is 5.41. The molecule has 13 heteroatoms. The van der Waals surface area contributed by atoms with Crippen LogP contribution in [0, 0.1) is 23.5 Å². The van der Waals surface area contributed by atoms with Gasteiger partial charge in [-0.3, -0.25) is 4.98 Å². The average molecular weight is 586 g/mol. The van der Waals surface area contributed by atoms with Gasteiger partial charge in [0.25, 0.3) is 0 Å². The Hall–Kier alpha value is -4.06. The largest absolute Gasteiger partial charge is 0.463 e. The molecule has 41 heavy (non-hydrogen) atoms. The monoisotopic (exact) mass is 585 g/mol. The van der Waals surface area contributed by atoms with Crippen molar-refractivity contribution in [2.75, 3.05) is 0 Å². The molecule has 3 heterocycles. The lowest BCUT2D eigenvalue weighted by Crippen LogP contribution is -2.28. The van der Waals surface area contributed by atoms with Gasteiger partial charge >= 0.3 is 6.09 Å². The van der Waals surface area contributed by atoms with Crippen LogP contribution >= 0.6 is 11.6 Å². The maximum Gasteiger partial charge on any atom is 0.433 e. The van der Waals surface area contributed by atoms with Crippen molar-refractivity contribution in [3.63, 3.8) is 0 Å². The van der Waals surface area contributed by atoms with Gasteiger partial charge in [-0.15, -0.1) is 0 Å². The van der Waals surface area contributed by atoms with E-state index in [1.165, 1.54) is 12.4 Å². The number of pyridine rings is 1.